The van der Waals surface area contributed by atoms with Crippen LogP contribution in [0.25, 0.3) is 21.5 Å². The molecule has 6 aromatic rings. The second kappa shape index (κ2) is 14.3. The van der Waals surface area contributed by atoms with Crippen LogP contribution in [-0.2, 0) is 29.8 Å². The van der Waals surface area contributed by atoms with Crippen LogP contribution >= 0.6 is 0 Å². The lowest BCUT2D eigenvalue weighted by Gasteiger charge is -2.13. The predicted octanol–water partition coefficient (Wildman–Crippen LogP) is 4.98. The van der Waals surface area contributed by atoms with Crippen molar-refractivity contribution in [2.45, 2.75) is 9.79 Å². The maximum absolute atomic E-state index is 12.9. The Morgan fingerprint density at radius 1 is 0.444 bits per heavy atom. The first-order valence-corrected chi connectivity index (χ1v) is 18.3. The first-order valence-electron chi connectivity index (χ1n) is 15.4. The van der Waals surface area contributed by atoms with Gasteiger partial charge in [0.2, 0.25) is 0 Å². The second-order valence-corrected chi connectivity index (χ2v) is 14.3. The van der Waals surface area contributed by atoms with E-state index in [9.17, 15) is 55.3 Å². The molecule has 0 spiro atoms. The summed E-state index contributed by atoms with van der Waals surface area (Å²) in [6, 6.07) is 23.9. The fraction of sp³-hybridized carbons (Fsp3) is 0. The first-order chi connectivity index (χ1) is 25.5. The fourth-order valence-electron chi connectivity index (χ4n) is 5.45. The van der Waals surface area contributed by atoms with Crippen LogP contribution in [0.3, 0.4) is 0 Å². The van der Waals surface area contributed by atoms with Crippen molar-refractivity contribution in [3.05, 3.63) is 120 Å². The highest BCUT2D eigenvalue weighted by Gasteiger charge is 2.23. The summed E-state index contributed by atoms with van der Waals surface area (Å²) in [5, 5.41) is 31.1. The first kappa shape index (κ1) is 36.9. The third-order valence-corrected chi connectivity index (χ3v) is 9.81. The van der Waals surface area contributed by atoms with Gasteiger partial charge in [-0.25, -0.2) is 0 Å². The number of phenols is 2. The molecule has 274 valence electrons. The minimum atomic E-state index is -4.72. The van der Waals surface area contributed by atoms with Crippen molar-refractivity contribution in [2.75, 3.05) is 21.3 Å². The predicted molar refractivity (Wildman–Crippen MR) is 197 cm³/mol. The lowest BCUT2D eigenvalue weighted by molar-refractivity contribution is -0.132. The van der Waals surface area contributed by atoms with Gasteiger partial charge in [0.05, 0.1) is 11.4 Å². The van der Waals surface area contributed by atoms with Gasteiger partial charge >= 0.3 is 11.8 Å². The monoisotopic (exact) mass is 770 g/mol. The maximum Gasteiger partial charge on any atom is 0.314 e. The van der Waals surface area contributed by atoms with Gasteiger partial charge in [-0.15, -0.1) is 0 Å². The van der Waals surface area contributed by atoms with E-state index in [-0.39, 0.29) is 55.4 Å². The molecule has 18 heteroatoms. The maximum atomic E-state index is 12.9. The molecule has 0 heterocycles. The molecule has 0 aromatic heterocycles. The van der Waals surface area contributed by atoms with Crippen LogP contribution in [-0.4, -0.2) is 59.8 Å². The summed E-state index contributed by atoms with van der Waals surface area (Å²) in [5.74, 6) is -4.59. The fourth-order valence-corrected chi connectivity index (χ4v) is 6.89. The van der Waals surface area contributed by atoms with Crippen molar-refractivity contribution >= 4 is 88.2 Å². The zero-order chi connectivity index (χ0) is 38.9. The lowest BCUT2D eigenvalue weighted by atomic mass is 10.1. The third-order valence-electron chi connectivity index (χ3n) is 8.02. The number of aromatic hydroxyl groups is 2. The van der Waals surface area contributed by atoms with Crippen LogP contribution in [0.4, 0.5) is 22.7 Å². The quantitative estimate of drug-likeness (QED) is 0.0579. The smallest absolute Gasteiger partial charge is 0.314 e. The molecule has 0 unspecified atom stereocenters. The Bertz CT molecular complexity index is 2560. The van der Waals surface area contributed by atoms with E-state index in [4.69, 9.17) is 0 Å². The normalized spacial score (nSPS) is 11.5. The second-order valence-electron chi connectivity index (χ2n) is 11.6. The third kappa shape index (κ3) is 7.66. The van der Waals surface area contributed by atoms with Crippen LogP contribution in [0.15, 0.2) is 119 Å². The highest BCUT2D eigenvalue weighted by molar-refractivity contribution is 7.86. The minimum Gasteiger partial charge on any atom is -0.505 e. The summed E-state index contributed by atoms with van der Waals surface area (Å²) in [4.78, 5) is 50.0. The molecule has 16 nitrogen and oxygen atoms in total. The van der Waals surface area contributed by atoms with Crippen molar-refractivity contribution in [3.63, 3.8) is 0 Å². The summed E-state index contributed by atoms with van der Waals surface area (Å²) in [6.07, 6.45) is 0. The van der Waals surface area contributed by atoms with Gasteiger partial charge < -0.3 is 31.5 Å². The molecule has 0 bridgehead atoms. The van der Waals surface area contributed by atoms with Gasteiger partial charge in [0, 0.05) is 44.0 Å². The van der Waals surface area contributed by atoms with Gasteiger partial charge in [0.25, 0.3) is 32.1 Å². The molecule has 6 aromatic carbocycles. The molecule has 0 saturated carbocycles. The van der Waals surface area contributed by atoms with Crippen molar-refractivity contribution in [2.24, 2.45) is 0 Å². The van der Waals surface area contributed by atoms with E-state index >= 15 is 0 Å². The average Bonchev–Trinajstić information content (AvgIpc) is 3.13. The number of phenolic OH excluding ortho intramolecular Hbond substituents is 2. The Balaban J connectivity index is 1.08. The van der Waals surface area contributed by atoms with E-state index in [2.05, 4.69) is 21.3 Å². The van der Waals surface area contributed by atoms with E-state index in [1.165, 1.54) is 97.1 Å². The van der Waals surface area contributed by atoms with E-state index in [1.807, 2.05) is 0 Å². The standard InChI is InChI=1S/C36H26N4O12S2/c41-31-25-7-3-1-5-23(25)29(53(47,48)49)17-27(31)39-33(43)19-9-13-21(14-10-19)37-35(45)36(46)38-22-15-11-20(12-16-22)34(44)40-28-18-30(54(50,51)52)24-6-2-4-8-26(24)32(28)42/h1-18,41-42H,(H,37,45)(H,38,46)(H,39,43)(H,40,44)(H,47,48,49)(H,50,51,52). The lowest BCUT2D eigenvalue weighted by Crippen LogP contribution is -2.29. The van der Waals surface area contributed by atoms with Crippen LogP contribution in [0.5, 0.6) is 11.5 Å². The molecule has 0 atom stereocenters. The molecular formula is C36H26N4O12S2. The SMILES string of the molecule is O=C(Nc1ccc(C(=O)Nc2cc(S(=O)(=O)O)c3ccccc3c2O)cc1)C(=O)Nc1ccc(C(=O)Nc2cc(S(=O)(=O)O)c3ccccc3c2O)cc1. The molecule has 4 amide bonds. The van der Waals surface area contributed by atoms with Gasteiger partial charge in [0.1, 0.15) is 21.3 Å². The number of benzene rings is 6. The number of rotatable bonds is 8. The summed E-state index contributed by atoms with van der Waals surface area (Å²) in [5.41, 5.74) is -0.278. The molecule has 8 N–H and O–H groups in total. The van der Waals surface area contributed by atoms with Crippen LogP contribution in [0.1, 0.15) is 20.7 Å². The Kier molecular flexibility index (Phi) is 9.76. The van der Waals surface area contributed by atoms with Crippen LogP contribution < -0.4 is 21.3 Å². The van der Waals surface area contributed by atoms with Gasteiger partial charge in [-0.3, -0.25) is 28.3 Å². The van der Waals surface area contributed by atoms with Gasteiger partial charge in [-0.2, -0.15) is 16.8 Å². The van der Waals surface area contributed by atoms with E-state index in [0.29, 0.717) is 0 Å². The molecule has 0 aliphatic heterocycles. The number of amides is 4. The summed E-state index contributed by atoms with van der Waals surface area (Å²) in [7, 11) is -9.45. The number of fused-ring (bicyclic) bond motifs is 2. The zero-order valence-corrected chi connectivity index (χ0v) is 28.9. The van der Waals surface area contributed by atoms with E-state index in [1.54, 1.807) is 0 Å². The summed E-state index contributed by atoms with van der Waals surface area (Å²) >= 11 is 0. The van der Waals surface area contributed by atoms with Crippen LogP contribution in [0, 0.1) is 0 Å². The summed E-state index contributed by atoms with van der Waals surface area (Å²) in [6.45, 7) is 0. The molecule has 0 fully saturated rings. The number of nitrogens with one attached hydrogen (secondary N) is 4. The van der Waals surface area contributed by atoms with E-state index in [0.717, 1.165) is 12.1 Å². The van der Waals surface area contributed by atoms with Gasteiger partial charge in [-0.05, 0) is 60.7 Å². The zero-order valence-electron chi connectivity index (χ0n) is 27.3. The van der Waals surface area contributed by atoms with Gasteiger partial charge in [0.15, 0.2) is 0 Å². The number of carbonyl (C=O) groups excluding carboxylic acids is 4. The Labute approximate surface area is 305 Å². The highest BCUT2D eigenvalue weighted by Crippen LogP contribution is 2.39. The Morgan fingerprint density at radius 3 is 1.07 bits per heavy atom. The van der Waals surface area contributed by atoms with Crippen molar-refractivity contribution in [1.29, 1.82) is 0 Å². The molecular weight excluding hydrogens is 745 g/mol. The molecule has 0 radical (unpaired) electrons. The number of hydrogen-bond donors (Lipinski definition) is 8. The number of carbonyl (C=O) groups is 4. The largest absolute Gasteiger partial charge is 0.505 e. The van der Waals surface area contributed by atoms with Crippen LogP contribution in [0.2, 0.25) is 0 Å². The summed E-state index contributed by atoms with van der Waals surface area (Å²) < 4.78 is 67.2. The topological polar surface area (TPSA) is 266 Å². The molecule has 54 heavy (non-hydrogen) atoms. The van der Waals surface area contributed by atoms with Crippen molar-refractivity contribution in [1.82, 2.24) is 0 Å². The Hall–Kier alpha value is -6.86. The molecule has 0 saturated heterocycles. The van der Waals surface area contributed by atoms with Gasteiger partial charge in [-0.1, -0.05) is 48.5 Å². The Morgan fingerprint density at radius 2 is 0.759 bits per heavy atom. The van der Waals surface area contributed by atoms with Crippen molar-refractivity contribution in [3.8, 4) is 11.5 Å². The molecule has 0 aliphatic rings. The van der Waals surface area contributed by atoms with Crippen molar-refractivity contribution < 1.29 is 55.3 Å². The molecule has 6 rings (SSSR count). The molecule has 0 aliphatic carbocycles. The number of hydrogen-bond acceptors (Lipinski definition) is 10. The van der Waals surface area contributed by atoms with E-state index < -0.39 is 65.2 Å². The average molecular weight is 771 g/mol. The minimum absolute atomic E-state index is 0.0252. The highest BCUT2D eigenvalue weighted by atomic mass is 32.2. The number of anilines is 4.